The molecule has 1 heterocycles. The molecule has 0 bridgehead atoms. The van der Waals surface area contributed by atoms with Gasteiger partial charge in [0.15, 0.2) is 23.9 Å². The van der Waals surface area contributed by atoms with E-state index in [1.807, 2.05) is 0 Å². The smallest absolute Gasteiger partial charge is 0.434 e. The molecule has 3 aromatic rings. The summed E-state index contributed by atoms with van der Waals surface area (Å²) in [5, 5.41) is 7.85. The van der Waals surface area contributed by atoms with Crippen molar-refractivity contribution >= 4 is 50.7 Å². The molecule has 0 radical (unpaired) electrons. The number of nitrogens with one attached hydrogen (secondary N) is 1. The van der Waals surface area contributed by atoms with E-state index in [9.17, 15) is 49.9 Å². The highest BCUT2D eigenvalue weighted by molar-refractivity contribution is 9.10. The Kier molecular flexibility index (Phi) is 10.2. The summed E-state index contributed by atoms with van der Waals surface area (Å²) in [5.41, 5.74) is -8.46. The van der Waals surface area contributed by atoms with Crippen LogP contribution in [0.3, 0.4) is 0 Å². The zero-order valence-corrected chi connectivity index (χ0v) is 24.5. The number of anilines is 2. The maximum absolute atomic E-state index is 14.9. The van der Waals surface area contributed by atoms with Crippen molar-refractivity contribution in [2.75, 3.05) is 23.9 Å². The van der Waals surface area contributed by atoms with E-state index in [4.69, 9.17) is 4.74 Å². The number of carbonyl (C=O) groups is 2. The van der Waals surface area contributed by atoms with Gasteiger partial charge in [0.2, 0.25) is 0 Å². The van der Waals surface area contributed by atoms with Crippen LogP contribution in [0.15, 0.2) is 59.3 Å². The molecule has 0 aliphatic rings. The molecular weight excluding hydrogens is 702 g/mol. The van der Waals surface area contributed by atoms with Crippen LogP contribution in [0.2, 0.25) is 0 Å². The second kappa shape index (κ2) is 13.0. The molecule has 1 N–H and O–H groups in total. The first-order valence-corrected chi connectivity index (χ1v) is 13.1. The van der Waals surface area contributed by atoms with E-state index in [2.05, 4.69) is 37.6 Å². The van der Waals surface area contributed by atoms with Crippen molar-refractivity contribution in [2.24, 2.45) is 0 Å². The Balaban J connectivity index is 2.11. The van der Waals surface area contributed by atoms with Gasteiger partial charge < -0.3 is 24.9 Å². The van der Waals surface area contributed by atoms with Crippen LogP contribution in [-0.2, 0) is 5.67 Å². The number of aromatic nitrogens is 1. The van der Waals surface area contributed by atoms with Crippen molar-refractivity contribution in [3.05, 3.63) is 81.2 Å². The van der Waals surface area contributed by atoms with Gasteiger partial charge in [0.05, 0.1) is 29.6 Å². The lowest BCUT2D eigenvalue weighted by molar-refractivity contribution is -0.605. The standard InChI is InChI=1S/C26H19BrClF8N3O5/c1-3-39(22(41)13-7-9-38(42)10-8-13)17-6-4-5-15(20(17)43-2)21(40)37-19-16(27)11-14(12-18(19)44-23(29)30)24(31,25(28,32)33)26(34,35)36/h4-12,23H,3H2,1-2H3,(H,37,40). The first-order chi connectivity index (χ1) is 20.4. The SMILES string of the molecule is CCN(C(=O)c1cc[n+]([O-])cc1)c1cccc(C(=O)Nc2c(Br)cc(C(F)(C(F)(F)F)C(F)(F)Cl)cc2OC(F)F)c1OC. The summed E-state index contributed by atoms with van der Waals surface area (Å²) in [7, 11) is 1.14. The summed E-state index contributed by atoms with van der Waals surface area (Å²) in [4.78, 5) is 27.7. The van der Waals surface area contributed by atoms with Crippen LogP contribution < -0.4 is 24.4 Å². The van der Waals surface area contributed by atoms with Gasteiger partial charge in [0, 0.05) is 28.7 Å². The minimum atomic E-state index is -6.32. The summed E-state index contributed by atoms with van der Waals surface area (Å²) >= 11 is 7.15. The molecule has 1 unspecified atom stereocenters. The fraction of sp³-hybridized carbons (Fsp3) is 0.269. The van der Waals surface area contributed by atoms with Gasteiger partial charge in [-0.3, -0.25) is 9.59 Å². The maximum atomic E-state index is 14.9. The summed E-state index contributed by atoms with van der Waals surface area (Å²) in [6, 6.07) is 6.45. The highest BCUT2D eigenvalue weighted by atomic mass is 79.9. The number of carbonyl (C=O) groups excluding carboxylic acids is 2. The van der Waals surface area contributed by atoms with Crippen molar-refractivity contribution < 1.29 is 58.9 Å². The number of halogens is 10. The van der Waals surface area contributed by atoms with Gasteiger partial charge in [-0.1, -0.05) is 6.07 Å². The molecule has 0 fully saturated rings. The van der Waals surface area contributed by atoms with Crippen molar-refractivity contribution in [3.63, 3.8) is 0 Å². The number of hydrogen-bond donors (Lipinski definition) is 1. The van der Waals surface area contributed by atoms with Crippen molar-refractivity contribution in [1.82, 2.24) is 0 Å². The molecule has 0 saturated carbocycles. The minimum Gasteiger partial charge on any atom is -0.619 e. The first kappa shape index (κ1) is 34.6. The van der Waals surface area contributed by atoms with E-state index in [1.54, 1.807) is 6.92 Å². The number of rotatable bonds is 10. The fourth-order valence-corrected chi connectivity index (χ4v) is 4.78. The number of amides is 2. The third kappa shape index (κ3) is 6.77. The number of ether oxygens (including phenoxy) is 2. The third-order valence-corrected chi connectivity index (χ3v) is 6.92. The first-order valence-electron chi connectivity index (χ1n) is 12.0. The average Bonchev–Trinajstić information content (AvgIpc) is 2.93. The number of methoxy groups -OCH3 is 1. The van der Waals surface area contributed by atoms with Gasteiger partial charge >= 0.3 is 23.8 Å². The molecule has 0 saturated heterocycles. The predicted molar refractivity (Wildman–Crippen MR) is 144 cm³/mol. The van der Waals surface area contributed by atoms with Crippen molar-refractivity contribution in [3.8, 4) is 11.5 Å². The van der Waals surface area contributed by atoms with Gasteiger partial charge in [0.25, 0.3) is 11.8 Å². The van der Waals surface area contributed by atoms with Crippen LogP contribution in [0.4, 0.5) is 46.5 Å². The zero-order chi connectivity index (χ0) is 33.2. The quantitative estimate of drug-likeness (QED) is 0.104. The zero-order valence-electron chi connectivity index (χ0n) is 22.2. The van der Waals surface area contributed by atoms with Crippen LogP contribution in [0, 0.1) is 5.21 Å². The van der Waals surface area contributed by atoms with Gasteiger partial charge in [0.1, 0.15) is 0 Å². The van der Waals surface area contributed by atoms with E-state index in [1.165, 1.54) is 35.2 Å². The minimum absolute atomic E-state index is 0.0291. The van der Waals surface area contributed by atoms with Crippen LogP contribution >= 0.6 is 27.5 Å². The van der Waals surface area contributed by atoms with Crippen LogP contribution in [0.1, 0.15) is 33.2 Å². The highest BCUT2D eigenvalue weighted by Gasteiger charge is 2.72. The Labute approximate surface area is 256 Å². The molecule has 0 aliphatic heterocycles. The normalized spacial score (nSPS) is 13.3. The Morgan fingerprint density at radius 1 is 1.09 bits per heavy atom. The molecule has 1 atom stereocenters. The molecule has 2 amide bonds. The van der Waals surface area contributed by atoms with E-state index in [0.29, 0.717) is 4.73 Å². The fourth-order valence-electron chi connectivity index (χ4n) is 4.02. The van der Waals surface area contributed by atoms with Crippen molar-refractivity contribution in [1.29, 1.82) is 0 Å². The topological polar surface area (TPSA) is 94.8 Å². The predicted octanol–water partition coefficient (Wildman–Crippen LogP) is 7.17. The van der Waals surface area contributed by atoms with Crippen LogP contribution in [0.25, 0.3) is 0 Å². The Bertz CT molecular complexity index is 1520. The molecule has 3 rings (SSSR count). The Morgan fingerprint density at radius 2 is 1.70 bits per heavy atom. The summed E-state index contributed by atoms with van der Waals surface area (Å²) in [6.07, 6.45) is -4.16. The maximum Gasteiger partial charge on any atom is 0.434 e. The molecule has 0 aliphatic carbocycles. The van der Waals surface area contributed by atoms with Gasteiger partial charge in [-0.15, -0.1) is 0 Å². The number of benzene rings is 2. The Morgan fingerprint density at radius 3 is 2.20 bits per heavy atom. The number of alkyl halides is 9. The summed E-state index contributed by atoms with van der Waals surface area (Å²) < 4.78 is 118. The third-order valence-electron chi connectivity index (χ3n) is 6.03. The Hall–Kier alpha value is -3.86. The summed E-state index contributed by atoms with van der Waals surface area (Å²) in [6.45, 7) is -2.15. The highest BCUT2D eigenvalue weighted by Crippen LogP contribution is 2.56. The lowest BCUT2D eigenvalue weighted by Gasteiger charge is -2.32. The lowest BCUT2D eigenvalue weighted by Crippen LogP contribution is -2.49. The number of para-hydroxylation sites is 1. The molecule has 0 spiro atoms. The average molecular weight is 721 g/mol. The second-order valence-electron chi connectivity index (χ2n) is 8.67. The van der Waals surface area contributed by atoms with Gasteiger partial charge in [-0.05, 0) is 58.7 Å². The molecule has 238 valence electrons. The van der Waals surface area contributed by atoms with E-state index in [-0.39, 0.29) is 41.2 Å². The second-order valence-corrected chi connectivity index (χ2v) is 10.0. The number of pyridine rings is 1. The molecule has 18 heteroatoms. The largest absolute Gasteiger partial charge is 0.619 e. The van der Waals surface area contributed by atoms with E-state index >= 15 is 0 Å². The van der Waals surface area contributed by atoms with Crippen molar-refractivity contribution in [2.45, 2.75) is 30.8 Å². The van der Waals surface area contributed by atoms with Gasteiger partial charge in [-0.2, -0.15) is 35.5 Å². The van der Waals surface area contributed by atoms with Gasteiger partial charge in [-0.25, -0.2) is 4.39 Å². The van der Waals surface area contributed by atoms with E-state index in [0.717, 1.165) is 19.5 Å². The van der Waals surface area contributed by atoms with Crippen LogP contribution in [0.5, 0.6) is 11.5 Å². The lowest BCUT2D eigenvalue weighted by atomic mass is 9.94. The summed E-state index contributed by atoms with van der Waals surface area (Å²) in [5.74, 6) is -3.31. The molecule has 2 aromatic carbocycles. The molecule has 1 aromatic heterocycles. The molecule has 8 nitrogen and oxygen atoms in total. The molecular formula is C26H19BrClF8N3O5. The number of nitrogens with zero attached hydrogens (tertiary/aromatic N) is 2. The van der Waals surface area contributed by atoms with E-state index < -0.39 is 57.1 Å². The van der Waals surface area contributed by atoms with Crippen LogP contribution in [-0.4, -0.2) is 43.6 Å². The number of hydrogen-bond acceptors (Lipinski definition) is 5. The monoisotopic (exact) mass is 719 g/mol. The molecule has 44 heavy (non-hydrogen) atoms.